The fourth-order valence-corrected chi connectivity index (χ4v) is 5.65. The molecule has 9 nitrogen and oxygen atoms in total. The number of furan rings is 1. The number of hydrogen-bond acceptors (Lipinski definition) is 7. The fourth-order valence-electron chi connectivity index (χ4n) is 4.14. The summed E-state index contributed by atoms with van der Waals surface area (Å²) in [5, 5.41) is 7.37. The maximum Gasteiger partial charge on any atom is 0.259 e. The maximum absolute atomic E-state index is 13.1. The van der Waals surface area contributed by atoms with Crippen molar-refractivity contribution >= 4 is 27.0 Å². The number of carbonyl (C=O) groups is 1. The highest BCUT2D eigenvalue weighted by atomic mass is 32.2. The first kappa shape index (κ1) is 22.3. The van der Waals surface area contributed by atoms with Crippen molar-refractivity contribution in [3.63, 3.8) is 0 Å². The van der Waals surface area contributed by atoms with Crippen LogP contribution < -0.4 is 5.32 Å². The average Bonchev–Trinajstić information content (AvgIpc) is 3.53. The molecule has 10 heteroatoms. The Kier molecular flexibility index (Phi) is 5.93. The summed E-state index contributed by atoms with van der Waals surface area (Å²) in [5.74, 6) is 0.187. The topological polar surface area (TPSA) is 119 Å². The van der Waals surface area contributed by atoms with Crippen LogP contribution in [-0.4, -0.2) is 41.9 Å². The number of carbonyl (C=O) groups excluding carboxylic acids is 1. The Morgan fingerprint density at radius 3 is 2.59 bits per heavy atom. The number of piperidine rings is 1. The zero-order valence-corrected chi connectivity index (χ0v) is 19.5. The molecule has 4 aromatic rings. The van der Waals surface area contributed by atoms with Gasteiger partial charge >= 0.3 is 0 Å². The number of nitrogens with zero attached hydrogens (tertiary/aromatic N) is 3. The van der Waals surface area contributed by atoms with Gasteiger partial charge in [0, 0.05) is 19.6 Å². The summed E-state index contributed by atoms with van der Waals surface area (Å²) < 4.78 is 37.9. The van der Waals surface area contributed by atoms with Gasteiger partial charge in [-0.25, -0.2) is 13.4 Å². The third-order valence-electron chi connectivity index (χ3n) is 5.96. The normalized spacial score (nSPS) is 15.0. The van der Waals surface area contributed by atoms with Crippen molar-refractivity contribution in [3.05, 3.63) is 65.5 Å². The summed E-state index contributed by atoms with van der Waals surface area (Å²) >= 11 is 0. The van der Waals surface area contributed by atoms with Gasteiger partial charge in [0.2, 0.25) is 10.0 Å². The van der Waals surface area contributed by atoms with Crippen LogP contribution in [0.15, 0.2) is 62.6 Å². The molecule has 1 N–H and O–H groups in total. The Bertz CT molecular complexity index is 1420. The maximum atomic E-state index is 13.1. The van der Waals surface area contributed by atoms with Gasteiger partial charge in [-0.15, -0.1) is 0 Å². The van der Waals surface area contributed by atoms with Crippen LogP contribution in [0.1, 0.15) is 40.9 Å². The third-order valence-corrected chi connectivity index (χ3v) is 7.88. The second-order valence-corrected chi connectivity index (χ2v) is 10.2. The van der Waals surface area contributed by atoms with Crippen molar-refractivity contribution in [2.75, 3.05) is 13.1 Å². The van der Waals surface area contributed by atoms with Crippen LogP contribution in [0, 0.1) is 6.92 Å². The molecule has 0 radical (unpaired) electrons. The van der Waals surface area contributed by atoms with Crippen molar-refractivity contribution in [2.24, 2.45) is 0 Å². The van der Waals surface area contributed by atoms with Crippen LogP contribution in [-0.2, 0) is 16.6 Å². The van der Waals surface area contributed by atoms with Gasteiger partial charge in [0.15, 0.2) is 5.76 Å². The second-order valence-electron chi connectivity index (χ2n) is 8.27. The van der Waals surface area contributed by atoms with Gasteiger partial charge in [-0.05, 0) is 55.7 Å². The summed E-state index contributed by atoms with van der Waals surface area (Å²) in [4.78, 5) is 17.8. The predicted molar refractivity (Wildman–Crippen MR) is 124 cm³/mol. The smallest absolute Gasteiger partial charge is 0.259 e. The molecule has 5 rings (SSSR count). The third kappa shape index (κ3) is 4.22. The van der Waals surface area contributed by atoms with Crippen LogP contribution in [0.4, 0.5) is 0 Å². The van der Waals surface area contributed by atoms with E-state index < -0.39 is 10.0 Å². The van der Waals surface area contributed by atoms with E-state index in [0.29, 0.717) is 41.2 Å². The van der Waals surface area contributed by atoms with Crippen molar-refractivity contribution in [3.8, 4) is 11.5 Å². The Balaban J connectivity index is 1.34. The molecule has 1 aliphatic rings. The standard InChI is InChI=1S/C24H24N4O5S/c1-16-22-19(14-20(21-6-5-13-32-21)26-24(22)33-27-16)23(29)25-15-17-7-9-18(10-8-17)34(30,31)28-11-3-2-4-12-28/h5-10,13-14H,2-4,11-12,15H2,1H3,(H,25,29). The monoisotopic (exact) mass is 480 g/mol. The lowest BCUT2D eigenvalue weighted by atomic mass is 10.1. The number of amides is 1. The number of aryl methyl sites for hydroxylation is 1. The SMILES string of the molecule is Cc1noc2nc(-c3ccco3)cc(C(=O)NCc3ccc(S(=O)(=O)N4CCCCC4)cc3)c12. The van der Waals surface area contributed by atoms with Gasteiger partial charge in [-0.1, -0.05) is 23.7 Å². The van der Waals surface area contributed by atoms with E-state index in [4.69, 9.17) is 8.94 Å². The molecule has 0 spiro atoms. The molecule has 1 saturated heterocycles. The van der Waals surface area contributed by atoms with E-state index in [-0.39, 0.29) is 23.1 Å². The first-order valence-corrected chi connectivity index (χ1v) is 12.6. The van der Waals surface area contributed by atoms with E-state index in [2.05, 4.69) is 15.5 Å². The van der Waals surface area contributed by atoms with Gasteiger partial charge in [0.05, 0.1) is 27.8 Å². The molecule has 176 valence electrons. The molecular formula is C24H24N4O5S. The van der Waals surface area contributed by atoms with Crippen LogP contribution in [0.3, 0.4) is 0 Å². The lowest BCUT2D eigenvalue weighted by Gasteiger charge is -2.25. The van der Waals surface area contributed by atoms with E-state index in [1.165, 1.54) is 6.26 Å². The minimum Gasteiger partial charge on any atom is -0.463 e. The highest BCUT2D eigenvalue weighted by Crippen LogP contribution is 2.27. The zero-order valence-electron chi connectivity index (χ0n) is 18.7. The number of rotatable bonds is 6. The van der Waals surface area contributed by atoms with Crippen LogP contribution in [0.2, 0.25) is 0 Å². The average molecular weight is 481 g/mol. The molecule has 1 amide bonds. The lowest BCUT2D eigenvalue weighted by Crippen LogP contribution is -2.35. The van der Waals surface area contributed by atoms with Gasteiger partial charge in [-0.2, -0.15) is 4.31 Å². The summed E-state index contributed by atoms with van der Waals surface area (Å²) in [6.07, 6.45) is 4.37. The molecule has 0 atom stereocenters. The minimum absolute atomic E-state index is 0.229. The predicted octanol–water partition coefficient (Wildman–Crippen LogP) is 3.90. The van der Waals surface area contributed by atoms with Crippen molar-refractivity contribution in [2.45, 2.75) is 37.6 Å². The zero-order chi connectivity index (χ0) is 23.7. The van der Waals surface area contributed by atoms with Gasteiger partial charge < -0.3 is 14.3 Å². The quantitative estimate of drug-likeness (QED) is 0.445. The Morgan fingerprint density at radius 2 is 1.88 bits per heavy atom. The van der Waals surface area contributed by atoms with Gasteiger partial charge in [0.1, 0.15) is 5.69 Å². The second kappa shape index (κ2) is 9.03. The minimum atomic E-state index is -3.49. The fraction of sp³-hybridized carbons (Fsp3) is 0.292. The molecule has 1 aliphatic heterocycles. The van der Waals surface area contributed by atoms with Crippen molar-refractivity contribution in [1.82, 2.24) is 19.8 Å². The molecule has 1 fully saturated rings. The molecule has 0 saturated carbocycles. The van der Waals surface area contributed by atoms with Crippen LogP contribution in [0.5, 0.6) is 0 Å². The molecule has 34 heavy (non-hydrogen) atoms. The summed E-state index contributed by atoms with van der Waals surface area (Å²) in [7, 11) is -3.49. The Labute approximate surface area is 196 Å². The summed E-state index contributed by atoms with van der Waals surface area (Å²) in [5.41, 5.74) is 2.44. The lowest BCUT2D eigenvalue weighted by molar-refractivity contribution is 0.0952. The number of fused-ring (bicyclic) bond motifs is 1. The summed E-state index contributed by atoms with van der Waals surface area (Å²) in [6, 6.07) is 11.8. The number of aromatic nitrogens is 2. The summed E-state index contributed by atoms with van der Waals surface area (Å²) in [6.45, 7) is 3.09. The Hall–Kier alpha value is -3.50. The number of nitrogens with one attached hydrogen (secondary N) is 1. The molecule has 3 aromatic heterocycles. The van der Waals surface area contributed by atoms with Crippen LogP contribution >= 0.6 is 0 Å². The number of benzene rings is 1. The molecular weight excluding hydrogens is 456 g/mol. The van der Waals surface area contributed by atoms with E-state index in [1.54, 1.807) is 53.7 Å². The van der Waals surface area contributed by atoms with Crippen LogP contribution in [0.25, 0.3) is 22.6 Å². The molecule has 0 bridgehead atoms. The number of pyridine rings is 1. The molecule has 1 aromatic carbocycles. The van der Waals surface area contributed by atoms with Crippen molar-refractivity contribution < 1.29 is 22.2 Å². The number of sulfonamides is 1. The molecule has 0 aliphatic carbocycles. The van der Waals surface area contributed by atoms with Crippen molar-refractivity contribution in [1.29, 1.82) is 0 Å². The van der Waals surface area contributed by atoms with E-state index in [0.717, 1.165) is 24.8 Å². The molecule has 4 heterocycles. The highest BCUT2D eigenvalue weighted by Gasteiger charge is 2.26. The van der Waals surface area contributed by atoms with E-state index in [9.17, 15) is 13.2 Å². The van der Waals surface area contributed by atoms with E-state index in [1.807, 2.05) is 0 Å². The Morgan fingerprint density at radius 1 is 1.12 bits per heavy atom. The molecule has 0 unspecified atom stereocenters. The first-order chi connectivity index (χ1) is 16.4. The van der Waals surface area contributed by atoms with E-state index >= 15 is 0 Å². The largest absolute Gasteiger partial charge is 0.463 e. The van der Waals surface area contributed by atoms with Gasteiger partial charge in [0.25, 0.3) is 11.6 Å². The van der Waals surface area contributed by atoms with Gasteiger partial charge in [-0.3, -0.25) is 4.79 Å². The first-order valence-electron chi connectivity index (χ1n) is 11.1. The highest BCUT2D eigenvalue weighted by molar-refractivity contribution is 7.89. The number of hydrogen-bond donors (Lipinski definition) is 1.